The summed E-state index contributed by atoms with van der Waals surface area (Å²) in [4.78, 5) is 38.9. The molecular weight excluding hydrogens is 983 g/mol. The molecule has 0 saturated heterocycles. The third-order valence-electron chi connectivity index (χ3n) is 14.0. The summed E-state index contributed by atoms with van der Waals surface area (Å²) in [6.07, 6.45) is -0.679. The summed E-state index contributed by atoms with van der Waals surface area (Å²) in [5.41, 5.74) is -2.61. The van der Waals surface area contributed by atoms with Gasteiger partial charge in [0, 0.05) is 48.6 Å². The monoisotopic (exact) mass is 1040 g/mol. The van der Waals surface area contributed by atoms with Crippen molar-refractivity contribution in [2.24, 2.45) is 16.7 Å². The lowest BCUT2D eigenvalue weighted by Crippen LogP contribution is -2.61. The first-order chi connectivity index (χ1) is 33.7. The van der Waals surface area contributed by atoms with Crippen LogP contribution in [0.1, 0.15) is 60.8 Å². The molecule has 0 spiro atoms. The van der Waals surface area contributed by atoms with E-state index in [0.717, 1.165) is 40.4 Å². The van der Waals surface area contributed by atoms with E-state index in [-0.39, 0.29) is 27.9 Å². The minimum absolute atomic E-state index is 0.0604. The number of hydrogen-bond donors (Lipinski definition) is 0. The van der Waals surface area contributed by atoms with Crippen LogP contribution in [-0.2, 0) is 14.3 Å². The number of rotatable bonds is 18. The molecule has 382 valence electrons. The normalized spacial score (nSPS) is 22.2. The highest BCUT2D eigenvalue weighted by Crippen LogP contribution is 2.70. The van der Waals surface area contributed by atoms with Gasteiger partial charge in [-0.25, -0.2) is 4.79 Å². The first-order valence-corrected chi connectivity index (χ1v) is 24.7. The molecule has 8 rings (SSSR count). The minimum atomic E-state index is -6.01. The number of benzene rings is 4. The average Bonchev–Trinajstić information content (AvgIpc) is 3.71. The topological polar surface area (TPSA) is 107 Å². The number of hydrogen-bond acceptors (Lipinski definition) is 11. The lowest BCUT2D eigenvalue weighted by atomic mass is 9.60. The Morgan fingerprint density at radius 3 is 1.74 bits per heavy atom. The highest BCUT2D eigenvalue weighted by Gasteiger charge is 2.75. The Hall–Kier alpha value is -5.91. The van der Waals surface area contributed by atoms with Gasteiger partial charge in [0.1, 0.15) is 40.8 Å². The average molecular weight is 1040 g/mol. The molecule has 2 aromatic heterocycles. The van der Waals surface area contributed by atoms with Gasteiger partial charge in [0.25, 0.3) is 0 Å². The van der Waals surface area contributed by atoms with Crippen molar-refractivity contribution in [1.82, 2.24) is 0 Å². The first kappa shape index (κ1) is 52.4. The summed E-state index contributed by atoms with van der Waals surface area (Å²) < 4.78 is 128. The van der Waals surface area contributed by atoms with Gasteiger partial charge in [0.15, 0.2) is 6.61 Å². The molecule has 0 amide bonds. The first-order valence-electron chi connectivity index (χ1n) is 23.0. The van der Waals surface area contributed by atoms with Crippen molar-refractivity contribution >= 4 is 48.8 Å². The summed E-state index contributed by atoms with van der Waals surface area (Å²) in [6, 6.07) is 28.6. The van der Waals surface area contributed by atoms with Gasteiger partial charge in [0.2, 0.25) is 9.48 Å². The number of carbonyl (C=O) groups excluding carboxylic acids is 1. The lowest BCUT2D eigenvalue weighted by Gasteiger charge is -2.53. The molecule has 0 radical (unpaired) electrons. The minimum Gasteiger partial charge on any atom is -0.496 e. The van der Waals surface area contributed by atoms with Crippen LogP contribution in [0.25, 0.3) is 42.4 Å². The van der Waals surface area contributed by atoms with Gasteiger partial charge in [-0.1, -0.05) is 79.5 Å². The maximum absolute atomic E-state index is 15.7. The van der Waals surface area contributed by atoms with E-state index < -0.39 is 71.0 Å². The second-order valence-electron chi connectivity index (χ2n) is 20.3. The second kappa shape index (κ2) is 18.9. The van der Waals surface area contributed by atoms with Crippen molar-refractivity contribution in [3.8, 4) is 45.3 Å². The van der Waals surface area contributed by atoms with Crippen molar-refractivity contribution in [1.29, 1.82) is 0 Å². The number of halogens is 6. The van der Waals surface area contributed by atoms with Crippen LogP contribution in [0.15, 0.2) is 119 Å². The zero-order valence-electron chi connectivity index (χ0n) is 40.9. The van der Waals surface area contributed by atoms with Gasteiger partial charge >= 0.3 is 23.7 Å². The quantitative estimate of drug-likeness (QED) is 0.0472. The maximum Gasteiger partial charge on any atom is 0.377 e. The third kappa shape index (κ3) is 9.59. The van der Waals surface area contributed by atoms with E-state index in [9.17, 15) is 23.2 Å². The standard InChI is InChI=1S/C55H54F6O9S2/c1-31(2)45(62)67-29-53(56,57)55(60,61)54(58,59)30-68-48-50(5)26-44(52(7,28-50)70-35-21-19-33-23-39(47(64)72-43(33)25-35)37-15-11-13-17-41(37)66-9)51(48,6)27-49(3,4)69-34-20-18-32-22-38(46(63)71-42(32)24-34)36-14-10-12-16-40(36)65-8/h10-25,44,48H,1,26-30H2,2-9H3. The molecule has 72 heavy (non-hydrogen) atoms. The molecule has 2 aliphatic rings. The van der Waals surface area contributed by atoms with Gasteiger partial charge in [-0.15, -0.1) is 0 Å². The number of para-hydroxylation sites is 2. The third-order valence-corrected chi connectivity index (χ3v) is 16.0. The number of esters is 1. The summed E-state index contributed by atoms with van der Waals surface area (Å²) in [6.45, 7) is 8.87. The van der Waals surface area contributed by atoms with Crippen LogP contribution in [0.3, 0.4) is 0 Å². The smallest absolute Gasteiger partial charge is 0.377 e. The molecule has 5 atom stereocenters. The number of alkyl halides is 6. The highest BCUT2D eigenvalue weighted by atomic mass is 32.1. The molecule has 2 heterocycles. The van der Waals surface area contributed by atoms with Crippen LogP contribution in [-0.4, -0.2) is 68.5 Å². The fraction of sp³-hybridized carbons (Fsp3) is 0.400. The van der Waals surface area contributed by atoms with Crippen LogP contribution in [0, 0.1) is 16.7 Å². The number of ether oxygens (including phenoxy) is 6. The van der Waals surface area contributed by atoms with Crippen LogP contribution < -0.4 is 28.4 Å². The Kier molecular flexibility index (Phi) is 13.7. The largest absolute Gasteiger partial charge is 0.496 e. The lowest BCUT2D eigenvalue weighted by molar-refractivity contribution is -0.333. The van der Waals surface area contributed by atoms with Crippen LogP contribution in [0.2, 0.25) is 0 Å². The Morgan fingerprint density at radius 1 is 0.708 bits per heavy atom. The fourth-order valence-electron chi connectivity index (χ4n) is 11.4. The van der Waals surface area contributed by atoms with Gasteiger partial charge in [-0.2, -0.15) is 26.3 Å². The summed E-state index contributed by atoms with van der Waals surface area (Å²) in [5.74, 6) is -17.0. The summed E-state index contributed by atoms with van der Waals surface area (Å²) in [5, 5.41) is 1.53. The van der Waals surface area contributed by atoms with E-state index in [2.05, 4.69) is 11.3 Å². The Balaban J connectivity index is 1.11. The molecular formula is C55H54F6O9S2. The van der Waals surface area contributed by atoms with E-state index in [1.807, 2.05) is 43.3 Å². The summed E-state index contributed by atoms with van der Waals surface area (Å²) >= 11 is 2.06. The highest BCUT2D eigenvalue weighted by molar-refractivity contribution is 7.16. The Labute approximate surface area is 420 Å². The predicted octanol–water partition coefficient (Wildman–Crippen LogP) is 13.4. The summed E-state index contributed by atoms with van der Waals surface area (Å²) in [7, 11) is 3.06. The molecule has 0 N–H and O–H groups in total. The van der Waals surface area contributed by atoms with Crippen molar-refractivity contribution in [2.75, 3.05) is 27.4 Å². The zero-order chi connectivity index (χ0) is 52.4. The van der Waals surface area contributed by atoms with E-state index in [4.69, 9.17) is 23.7 Å². The van der Waals surface area contributed by atoms with E-state index in [0.29, 0.717) is 61.1 Å². The van der Waals surface area contributed by atoms with Crippen molar-refractivity contribution < 1.29 is 59.6 Å². The molecule has 2 bridgehead atoms. The molecule has 4 aromatic carbocycles. The van der Waals surface area contributed by atoms with E-state index >= 15 is 17.6 Å². The molecule has 9 nitrogen and oxygen atoms in total. The van der Waals surface area contributed by atoms with Gasteiger partial charge in [0.05, 0.1) is 20.3 Å². The molecule has 2 saturated carbocycles. The Morgan fingerprint density at radius 2 is 1.21 bits per heavy atom. The number of carbonyl (C=O) groups is 1. The van der Waals surface area contributed by atoms with Crippen molar-refractivity contribution in [3.63, 3.8) is 0 Å². The SMILES string of the molecule is C=C(C)C(=O)OCC(F)(F)C(F)(F)C(F)(F)COC1C2(C)CC(C(C)(Oc3ccc4cc(-c5ccccc5OC)c(=O)sc4c3)C2)C1(C)CC(C)(C)Oc1ccc2cc(-c3ccccc3OC)c(=O)sc2c1. The molecule has 0 aliphatic heterocycles. The second-order valence-corrected chi connectivity index (χ2v) is 22.3. The van der Waals surface area contributed by atoms with Crippen LogP contribution >= 0.6 is 22.7 Å². The van der Waals surface area contributed by atoms with Crippen molar-refractivity contribution in [3.05, 3.63) is 128 Å². The van der Waals surface area contributed by atoms with Gasteiger partial charge < -0.3 is 28.4 Å². The van der Waals surface area contributed by atoms with E-state index in [1.54, 1.807) is 88.4 Å². The molecule has 5 unspecified atom stereocenters. The van der Waals surface area contributed by atoms with Crippen molar-refractivity contribution in [2.45, 2.75) is 95.9 Å². The molecule has 17 heteroatoms. The van der Waals surface area contributed by atoms with Gasteiger partial charge in [-0.05, 0) is 124 Å². The number of methoxy groups -OCH3 is 2. The van der Waals surface area contributed by atoms with E-state index in [1.165, 1.54) is 14.2 Å². The molecule has 6 aromatic rings. The zero-order valence-corrected chi connectivity index (χ0v) is 42.5. The molecule has 2 fully saturated rings. The fourth-order valence-corrected chi connectivity index (χ4v) is 13.2. The van der Waals surface area contributed by atoms with Crippen LogP contribution in [0.4, 0.5) is 26.3 Å². The number of fused-ring (bicyclic) bond motifs is 4. The molecule has 2 aliphatic carbocycles. The maximum atomic E-state index is 15.7. The van der Waals surface area contributed by atoms with Crippen LogP contribution in [0.5, 0.6) is 23.0 Å². The van der Waals surface area contributed by atoms with Gasteiger partial charge in [-0.3, -0.25) is 9.59 Å². The Bertz CT molecular complexity index is 3210. The predicted molar refractivity (Wildman–Crippen MR) is 268 cm³/mol.